The van der Waals surface area contributed by atoms with Gasteiger partial charge in [-0.3, -0.25) is 4.98 Å². The maximum absolute atomic E-state index is 5.63. The average Bonchev–Trinajstić information content (AvgIpc) is 2.74. The lowest BCUT2D eigenvalue weighted by molar-refractivity contribution is 0.117. The highest BCUT2D eigenvalue weighted by molar-refractivity contribution is 5.06. The van der Waals surface area contributed by atoms with Crippen LogP contribution in [0.4, 0.5) is 0 Å². The molecule has 1 aliphatic rings. The Morgan fingerprint density at radius 3 is 3.00 bits per heavy atom. The Morgan fingerprint density at radius 1 is 1.56 bits per heavy atom. The lowest BCUT2D eigenvalue weighted by Crippen LogP contribution is -2.36. The van der Waals surface area contributed by atoms with E-state index in [0.717, 1.165) is 25.1 Å². The van der Waals surface area contributed by atoms with Crippen LogP contribution in [0.15, 0.2) is 24.4 Å². The molecular weight excluding hydrogens is 200 g/mol. The van der Waals surface area contributed by atoms with Crippen molar-refractivity contribution in [2.75, 3.05) is 13.7 Å². The minimum Gasteiger partial charge on any atom is -0.378 e. The van der Waals surface area contributed by atoms with Gasteiger partial charge >= 0.3 is 0 Å². The van der Waals surface area contributed by atoms with E-state index in [2.05, 4.69) is 23.3 Å². The molecule has 2 heterocycles. The van der Waals surface area contributed by atoms with Gasteiger partial charge in [0.1, 0.15) is 0 Å². The second-order valence-electron chi connectivity index (χ2n) is 4.56. The lowest BCUT2D eigenvalue weighted by Gasteiger charge is -2.21. The third-order valence-corrected chi connectivity index (χ3v) is 3.32. The summed E-state index contributed by atoms with van der Waals surface area (Å²) in [7, 11) is 2.02. The van der Waals surface area contributed by atoms with Crippen LogP contribution in [-0.2, 0) is 11.2 Å². The second kappa shape index (κ2) is 5.41. The summed E-state index contributed by atoms with van der Waals surface area (Å²) in [4.78, 5) is 4.38. The van der Waals surface area contributed by atoms with Crippen molar-refractivity contribution in [3.05, 3.63) is 30.1 Å². The summed E-state index contributed by atoms with van der Waals surface area (Å²) in [5.74, 6) is 0.613. The Bertz CT molecular complexity index is 315. The highest BCUT2D eigenvalue weighted by Gasteiger charge is 2.28. The summed E-state index contributed by atoms with van der Waals surface area (Å²) in [6.07, 6.45) is 4.40. The van der Waals surface area contributed by atoms with Gasteiger partial charge in [-0.2, -0.15) is 0 Å². The van der Waals surface area contributed by atoms with Gasteiger partial charge in [-0.25, -0.2) is 0 Å². The molecule has 0 bridgehead atoms. The minimum atomic E-state index is 0.407. The Labute approximate surface area is 97.2 Å². The van der Waals surface area contributed by atoms with E-state index in [1.165, 1.54) is 0 Å². The number of aromatic nitrogens is 1. The van der Waals surface area contributed by atoms with Crippen LogP contribution in [0, 0.1) is 5.92 Å². The van der Waals surface area contributed by atoms with E-state index in [-0.39, 0.29) is 0 Å². The van der Waals surface area contributed by atoms with Crippen LogP contribution in [0.1, 0.15) is 19.0 Å². The van der Waals surface area contributed by atoms with Crippen molar-refractivity contribution in [2.24, 2.45) is 5.92 Å². The number of ether oxygens (including phenoxy) is 1. The zero-order chi connectivity index (χ0) is 11.4. The predicted molar refractivity (Wildman–Crippen MR) is 64.3 cm³/mol. The topological polar surface area (TPSA) is 34.2 Å². The van der Waals surface area contributed by atoms with E-state index < -0.39 is 0 Å². The van der Waals surface area contributed by atoms with E-state index in [1.807, 2.05) is 25.4 Å². The summed E-state index contributed by atoms with van der Waals surface area (Å²) in [6, 6.07) is 6.56. The maximum Gasteiger partial charge on any atom is 0.0551 e. The van der Waals surface area contributed by atoms with Crippen LogP contribution in [0.3, 0.4) is 0 Å². The number of rotatable bonds is 4. The molecule has 2 rings (SSSR count). The maximum atomic E-state index is 5.63. The van der Waals surface area contributed by atoms with E-state index in [0.29, 0.717) is 18.1 Å². The normalized spacial score (nSPS) is 26.9. The van der Waals surface area contributed by atoms with Crippen LogP contribution in [0.25, 0.3) is 0 Å². The Balaban J connectivity index is 1.96. The number of pyridine rings is 1. The van der Waals surface area contributed by atoms with Gasteiger partial charge < -0.3 is 10.1 Å². The minimum absolute atomic E-state index is 0.407. The molecule has 3 nitrogen and oxygen atoms in total. The molecule has 1 aliphatic heterocycles. The molecule has 0 aromatic carbocycles. The van der Waals surface area contributed by atoms with Gasteiger partial charge in [-0.1, -0.05) is 6.07 Å². The molecular formula is C13H20N2O. The second-order valence-corrected chi connectivity index (χ2v) is 4.56. The Kier molecular flexibility index (Phi) is 3.91. The smallest absolute Gasteiger partial charge is 0.0551 e. The zero-order valence-corrected chi connectivity index (χ0v) is 10.0. The number of nitrogens with zero attached hydrogens (tertiary/aromatic N) is 1. The summed E-state index contributed by atoms with van der Waals surface area (Å²) in [6.45, 7) is 3.02. The van der Waals surface area contributed by atoms with Crippen LogP contribution >= 0.6 is 0 Å². The van der Waals surface area contributed by atoms with Gasteiger partial charge in [0, 0.05) is 30.3 Å². The van der Waals surface area contributed by atoms with Crippen LogP contribution in [0.5, 0.6) is 0 Å². The number of likely N-dealkylation sites (N-methyl/N-ethyl adjacent to an activating group) is 1. The van der Waals surface area contributed by atoms with Gasteiger partial charge in [-0.05, 0) is 32.5 Å². The van der Waals surface area contributed by atoms with Crippen molar-refractivity contribution in [3.63, 3.8) is 0 Å². The van der Waals surface area contributed by atoms with Crippen LogP contribution in [-0.4, -0.2) is 30.8 Å². The SMILES string of the molecule is CNC(Cc1ccccn1)C1COC(C)C1. The molecule has 0 amide bonds. The molecule has 16 heavy (non-hydrogen) atoms. The molecule has 1 N–H and O–H groups in total. The summed E-state index contributed by atoms with van der Waals surface area (Å²) in [5.41, 5.74) is 1.15. The first-order valence-corrected chi connectivity index (χ1v) is 5.98. The van der Waals surface area contributed by atoms with Crippen LogP contribution < -0.4 is 5.32 Å². The third kappa shape index (κ3) is 2.80. The summed E-state index contributed by atoms with van der Waals surface area (Å²) < 4.78 is 5.63. The molecule has 0 spiro atoms. The summed E-state index contributed by atoms with van der Waals surface area (Å²) >= 11 is 0. The number of hydrogen-bond donors (Lipinski definition) is 1. The molecule has 0 saturated carbocycles. The molecule has 0 aliphatic carbocycles. The molecule has 3 atom stereocenters. The van der Waals surface area contributed by atoms with Crippen molar-refractivity contribution >= 4 is 0 Å². The van der Waals surface area contributed by atoms with Crippen molar-refractivity contribution in [1.29, 1.82) is 0 Å². The largest absolute Gasteiger partial charge is 0.378 e. The first kappa shape index (κ1) is 11.6. The van der Waals surface area contributed by atoms with E-state index in [4.69, 9.17) is 4.74 Å². The van der Waals surface area contributed by atoms with E-state index >= 15 is 0 Å². The fourth-order valence-corrected chi connectivity index (χ4v) is 2.38. The van der Waals surface area contributed by atoms with E-state index in [9.17, 15) is 0 Å². The quantitative estimate of drug-likeness (QED) is 0.837. The van der Waals surface area contributed by atoms with Crippen LogP contribution in [0.2, 0.25) is 0 Å². The molecule has 88 valence electrons. The van der Waals surface area contributed by atoms with Gasteiger partial charge in [0.05, 0.1) is 12.7 Å². The third-order valence-electron chi connectivity index (χ3n) is 3.32. The molecule has 1 aromatic rings. The van der Waals surface area contributed by atoms with Crippen molar-refractivity contribution in [1.82, 2.24) is 10.3 Å². The Hall–Kier alpha value is -0.930. The molecule has 1 fully saturated rings. The molecule has 3 heteroatoms. The lowest BCUT2D eigenvalue weighted by atomic mass is 9.93. The standard InChI is InChI=1S/C13H20N2O/c1-10-7-11(9-16-10)13(14-2)8-12-5-3-4-6-15-12/h3-6,10-11,13-14H,7-9H2,1-2H3. The molecule has 1 saturated heterocycles. The highest BCUT2D eigenvalue weighted by atomic mass is 16.5. The zero-order valence-electron chi connectivity index (χ0n) is 10.0. The van der Waals surface area contributed by atoms with Gasteiger partial charge in [-0.15, -0.1) is 0 Å². The van der Waals surface area contributed by atoms with Gasteiger partial charge in [0.15, 0.2) is 0 Å². The fourth-order valence-electron chi connectivity index (χ4n) is 2.38. The molecule has 1 aromatic heterocycles. The van der Waals surface area contributed by atoms with Crippen molar-refractivity contribution < 1.29 is 4.74 Å². The first-order chi connectivity index (χ1) is 7.79. The highest BCUT2D eigenvalue weighted by Crippen LogP contribution is 2.23. The first-order valence-electron chi connectivity index (χ1n) is 5.98. The average molecular weight is 220 g/mol. The number of hydrogen-bond acceptors (Lipinski definition) is 3. The van der Waals surface area contributed by atoms with E-state index in [1.54, 1.807) is 0 Å². The Morgan fingerprint density at radius 2 is 2.44 bits per heavy atom. The van der Waals surface area contributed by atoms with Gasteiger partial charge in [0.2, 0.25) is 0 Å². The van der Waals surface area contributed by atoms with Gasteiger partial charge in [0.25, 0.3) is 0 Å². The van der Waals surface area contributed by atoms with Crippen molar-refractivity contribution in [2.45, 2.75) is 31.9 Å². The fraction of sp³-hybridized carbons (Fsp3) is 0.615. The molecule has 3 unspecified atom stereocenters. The summed E-state index contributed by atoms with van der Waals surface area (Å²) in [5, 5.41) is 3.39. The van der Waals surface area contributed by atoms with Crippen molar-refractivity contribution in [3.8, 4) is 0 Å². The molecule has 0 radical (unpaired) electrons. The monoisotopic (exact) mass is 220 g/mol. The number of nitrogens with one attached hydrogen (secondary N) is 1. The predicted octanol–water partition coefficient (Wildman–Crippen LogP) is 1.64.